The fourth-order valence-electron chi connectivity index (χ4n) is 2.64. The summed E-state index contributed by atoms with van der Waals surface area (Å²) in [4.78, 5) is 14.8. The molecule has 0 atom stereocenters. The highest BCUT2D eigenvalue weighted by Crippen LogP contribution is 2.20. The molecule has 2 aromatic rings. The van der Waals surface area contributed by atoms with Gasteiger partial charge in [0, 0.05) is 33.9 Å². The minimum absolute atomic E-state index is 0.125. The fraction of sp³-hybridized carbons (Fsp3) is 0.278. The first kappa shape index (κ1) is 17.7. The number of anilines is 1. The topological polar surface area (TPSA) is 41.6 Å². The van der Waals surface area contributed by atoms with E-state index in [4.69, 9.17) is 16.3 Å². The standard InChI is InChI=1S/C18H18ClIN2O2/c19-14-4-5-16(17(20)11-14)18(23)21-15-3-1-2-13(10-15)12-22-6-8-24-9-7-22/h1-5,10-11H,6-9,12H2,(H,21,23). The van der Waals surface area contributed by atoms with Crippen LogP contribution in [0.5, 0.6) is 0 Å². The normalized spacial score (nSPS) is 15.2. The molecule has 0 aliphatic carbocycles. The average Bonchev–Trinajstić information content (AvgIpc) is 2.56. The van der Waals surface area contributed by atoms with Crippen LogP contribution in [-0.4, -0.2) is 37.1 Å². The van der Waals surface area contributed by atoms with Gasteiger partial charge in [0.25, 0.3) is 5.91 Å². The molecule has 0 unspecified atom stereocenters. The maximum Gasteiger partial charge on any atom is 0.256 e. The number of rotatable bonds is 4. The Hall–Kier alpha value is -1.15. The molecule has 0 saturated carbocycles. The Morgan fingerprint density at radius 3 is 2.75 bits per heavy atom. The molecule has 1 amide bonds. The fourth-order valence-corrected chi connectivity index (χ4v) is 3.75. The molecule has 1 heterocycles. The number of benzene rings is 2. The zero-order valence-corrected chi connectivity index (χ0v) is 16.0. The SMILES string of the molecule is O=C(Nc1cccc(CN2CCOCC2)c1)c1ccc(Cl)cc1I. The molecule has 3 rings (SSSR count). The minimum atomic E-state index is -0.125. The molecule has 1 aliphatic heterocycles. The Morgan fingerprint density at radius 1 is 1.21 bits per heavy atom. The van der Waals surface area contributed by atoms with Crippen molar-refractivity contribution in [1.29, 1.82) is 0 Å². The number of hydrogen-bond acceptors (Lipinski definition) is 3. The third-order valence-corrected chi connectivity index (χ3v) is 5.00. The minimum Gasteiger partial charge on any atom is -0.379 e. The number of nitrogens with one attached hydrogen (secondary N) is 1. The van der Waals surface area contributed by atoms with E-state index in [-0.39, 0.29) is 5.91 Å². The number of amides is 1. The van der Waals surface area contributed by atoms with Gasteiger partial charge in [0.1, 0.15) is 0 Å². The van der Waals surface area contributed by atoms with Crippen molar-refractivity contribution in [3.05, 3.63) is 62.2 Å². The number of carbonyl (C=O) groups is 1. The van der Waals surface area contributed by atoms with Crippen molar-refractivity contribution in [1.82, 2.24) is 4.90 Å². The van der Waals surface area contributed by atoms with Crippen molar-refractivity contribution >= 4 is 45.8 Å². The van der Waals surface area contributed by atoms with Gasteiger partial charge in [-0.05, 0) is 58.5 Å². The van der Waals surface area contributed by atoms with E-state index in [9.17, 15) is 4.79 Å². The lowest BCUT2D eigenvalue weighted by atomic mass is 10.1. The smallest absolute Gasteiger partial charge is 0.256 e. The van der Waals surface area contributed by atoms with E-state index in [1.807, 2.05) is 18.2 Å². The Bertz CT molecular complexity index is 733. The molecule has 0 bridgehead atoms. The summed E-state index contributed by atoms with van der Waals surface area (Å²) in [6.45, 7) is 4.32. The third kappa shape index (κ3) is 4.69. The predicted molar refractivity (Wildman–Crippen MR) is 105 cm³/mol. The zero-order chi connectivity index (χ0) is 16.9. The molecule has 24 heavy (non-hydrogen) atoms. The van der Waals surface area contributed by atoms with Crippen LogP contribution in [0.25, 0.3) is 0 Å². The van der Waals surface area contributed by atoms with Crippen LogP contribution in [0.1, 0.15) is 15.9 Å². The van der Waals surface area contributed by atoms with Gasteiger partial charge in [-0.25, -0.2) is 0 Å². The Labute approximate surface area is 160 Å². The molecule has 1 fully saturated rings. The van der Waals surface area contributed by atoms with E-state index < -0.39 is 0 Å². The maximum atomic E-state index is 12.5. The lowest BCUT2D eigenvalue weighted by Gasteiger charge is -2.26. The first-order chi connectivity index (χ1) is 11.6. The van der Waals surface area contributed by atoms with Crippen LogP contribution >= 0.6 is 34.2 Å². The molecule has 1 N–H and O–H groups in total. The Balaban J connectivity index is 1.68. The summed E-state index contributed by atoms with van der Waals surface area (Å²) in [5.41, 5.74) is 2.61. The van der Waals surface area contributed by atoms with Gasteiger partial charge in [-0.15, -0.1) is 0 Å². The predicted octanol–water partition coefficient (Wildman–Crippen LogP) is 4.03. The highest BCUT2D eigenvalue weighted by molar-refractivity contribution is 14.1. The summed E-state index contributed by atoms with van der Waals surface area (Å²) >= 11 is 8.07. The van der Waals surface area contributed by atoms with E-state index in [0.717, 1.165) is 42.1 Å². The number of halogens is 2. The van der Waals surface area contributed by atoms with E-state index >= 15 is 0 Å². The van der Waals surface area contributed by atoms with Gasteiger partial charge in [-0.1, -0.05) is 23.7 Å². The molecular formula is C18H18ClIN2O2. The lowest BCUT2D eigenvalue weighted by molar-refractivity contribution is 0.0342. The molecule has 1 aliphatic rings. The van der Waals surface area contributed by atoms with Crippen molar-refractivity contribution in [2.75, 3.05) is 31.6 Å². The average molecular weight is 457 g/mol. The van der Waals surface area contributed by atoms with E-state index in [1.165, 1.54) is 5.56 Å². The van der Waals surface area contributed by atoms with Crippen LogP contribution in [0.2, 0.25) is 5.02 Å². The molecule has 4 nitrogen and oxygen atoms in total. The molecule has 0 aromatic heterocycles. The summed E-state index contributed by atoms with van der Waals surface area (Å²) in [6, 6.07) is 13.2. The molecule has 2 aromatic carbocycles. The third-order valence-electron chi connectivity index (χ3n) is 3.87. The van der Waals surface area contributed by atoms with E-state index in [0.29, 0.717) is 10.6 Å². The number of nitrogens with zero attached hydrogens (tertiary/aromatic N) is 1. The van der Waals surface area contributed by atoms with Crippen molar-refractivity contribution in [2.24, 2.45) is 0 Å². The van der Waals surface area contributed by atoms with Gasteiger partial charge in [0.05, 0.1) is 18.8 Å². The van der Waals surface area contributed by atoms with Crippen molar-refractivity contribution in [2.45, 2.75) is 6.54 Å². The number of morpholine rings is 1. The van der Waals surface area contributed by atoms with Gasteiger partial charge in [-0.3, -0.25) is 9.69 Å². The number of hydrogen-bond donors (Lipinski definition) is 1. The molecule has 0 spiro atoms. The van der Waals surface area contributed by atoms with Crippen LogP contribution in [0.4, 0.5) is 5.69 Å². The molecular weight excluding hydrogens is 439 g/mol. The quantitative estimate of drug-likeness (QED) is 0.707. The summed E-state index contributed by atoms with van der Waals surface area (Å²) in [5, 5.41) is 3.59. The zero-order valence-electron chi connectivity index (χ0n) is 13.1. The largest absolute Gasteiger partial charge is 0.379 e. The molecule has 126 valence electrons. The molecule has 0 radical (unpaired) electrons. The maximum absolute atomic E-state index is 12.5. The molecule has 1 saturated heterocycles. The lowest BCUT2D eigenvalue weighted by Crippen LogP contribution is -2.35. The van der Waals surface area contributed by atoms with Crippen LogP contribution in [0, 0.1) is 3.57 Å². The van der Waals surface area contributed by atoms with Crippen LogP contribution in [0.3, 0.4) is 0 Å². The Kier molecular flexibility index (Phi) is 6.10. The van der Waals surface area contributed by atoms with Crippen molar-refractivity contribution in [3.63, 3.8) is 0 Å². The van der Waals surface area contributed by atoms with Crippen molar-refractivity contribution < 1.29 is 9.53 Å². The summed E-state index contributed by atoms with van der Waals surface area (Å²) in [7, 11) is 0. The van der Waals surface area contributed by atoms with Gasteiger partial charge >= 0.3 is 0 Å². The summed E-state index contributed by atoms with van der Waals surface area (Å²) in [5.74, 6) is -0.125. The second-order valence-corrected chi connectivity index (χ2v) is 7.27. The van der Waals surface area contributed by atoms with Gasteiger partial charge in [-0.2, -0.15) is 0 Å². The van der Waals surface area contributed by atoms with Crippen molar-refractivity contribution in [3.8, 4) is 0 Å². The second-order valence-electron chi connectivity index (χ2n) is 5.67. The van der Waals surface area contributed by atoms with Crippen LogP contribution in [0.15, 0.2) is 42.5 Å². The number of ether oxygens (including phenoxy) is 1. The van der Waals surface area contributed by atoms with Gasteiger partial charge in [0.2, 0.25) is 0 Å². The Morgan fingerprint density at radius 2 is 2.00 bits per heavy atom. The highest BCUT2D eigenvalue weighted by Gasteiger charge is 2.13. The van der Waals surface area contributed by atoms with Gasteiger partial charge in [0.15, 0.2) is 0 Å². The second kappa shape index (κ2) is 8.29. The van der Waals surface area contributed by atoms with Crippen LogP contribution in [-0.2, 0) is 11.3 Å². The first-order valence-electron chi connectivity index (χ1n) is 7.77. The summed E-state index contributed by atoms with van der Waals surface area (Å²) in [6.07, 6.45) is 0. The van der Waals surface area contributed by atoms with E-state index in [2.05, 4.69) is 38.9 Å². The monoisotopic (exact) mass is 456 g/mol. The van der Waals surface area contributed by atoms with Crippen LogP contribution < -0.4 is 5.32 Å². The van der Waals surface area contributed by atoms with Gasteiger partial charge < -0.3 is 10.1 Å². The number of carbonyl (C=O) groups excluding carboxylic acids is 1. The first-order valence-corrected chi connectivity index (χ1v) is 9.23. The van der Waals surface area contributed by atoms with E-state index in [1.54, 1.807) is 18.2 Å². The highest BCUT2D eigenvalue weighted by atomic mass is 127. The molecule has 6 heteroatoms. The summed E-state index contributed by atoms with van der Waals surface area (Å²) < 4.78 is 6.21.